The quantitative estimate of drug-likeness (QED) is 0.819. The number of carboxylic acids is 1. The summed E-state index contributed by atoms with van der Waals surface area (Å²) < 4.78 is 0. The number of nitrogens with zero attached hydrogens (tertiary/aromatic N) is 1. The third-order valence-electron chi connectivity index (χ3n) is 3.66. The van der Waals surface area contributed by atoms with Crippen molar-refractivity contribution < 1.29 is 9.90 Å². The summed E-state index contributed by atoms with van der Waals surface area (Å²) in [6, 6.07) is 8.13. The number of carboxylic acid groups (broad SMARTS) is 1. The molecule has 0 unspecified atom stereocenters. The Bertz CT molecular complexity index is 603. The molecule has 0 aromatic heterocycles. The van der Waals surface area contributed by atoms with Gasteiger partial charge in [0.2, 0.25) is 0 Å². The average Bonchev–Trinajstić information content (AvgIpc) is 3.31. The van der Waals surface area contributed by atoms with E-state index >= 15 is 0 Å². The molecule has 1 heterocycles. The summed E-state index contributed by atoms with van der Waals surface area (Å²) >= 11 is 1.69. The molecule has 1 aromatic carbocycles. The molecule has 1 aliphatic heterocycles. The molecule has 4 nitrogen and oxygen atoms in total. The molecule has 0 saturated heterocycles. The number of benzene rings is 1. The summed E-state index contributed by atoms with van der Waals surface area (Å²) in [5, 5.41) is 11.2. The van der Waals surface area contributed by atoms with Crippen LogP contribution in [0.3, 0.4) is 0 Å². The van der Waals surface area contributed by atoms with Gasteiger partial charge in [-0.05, 0) is 48.8 Å². The van der Waals surface area contributed by atoms with Crippen molar-refractivity contribution in [3.63, 3.8) is 0 Å². The Morgan fingerprint density at radius 3 is 2.67 bits per heavy atom. The first-order valence-electron chi connectivity index (χ1n) is 7.00. The normalized spacial score (nSPS) is 17.9. The fraction of sp³-hybridized carbons (Fsp3) is 0.312. The van der Waals surface area contributed by atoms with Crippen molar-refractivity contribution in [1.82, 2.24) is 10.4 Å². The maximum Gasteiger partial charge on any atom is 0.337 e. The molecule has 1 aliphatic carbocycles. The number of rotatable bonds is 5. The summed E-state index contributed by atoms with van der Waals surface area (Å²) in [7, 11) is 0. The topological polar surface area (TPSA) is 52.6 Å². The number of hydrogen-bond donors (Lipinski definition) is 2. The van der Waals surface area contributed by atoms with Crippen LogP contribution in [0.4, 0.5) is 0 Å². The van der Waals surface area contributed by atoms with Crippen molar-refractivity contribution in [3.8, 4) is 0 Å². The van der Waals surface area contributed by atoms with Crippen molar-refractivity contribution >= 4 is 23.4 Å². The standard InChI is InChI=1S/C16H18N2O2S/c1-21-14-6-4-12(5-7-14)15-8-13(16(19)20)10-18(17-15)9-11-2-3-11/h4-8,10-11,17H,2-3,9H2,1H3,(H,19,20). The molecule has 0 amide bonds. The Kier molecular flexibility index (Phi) is 3.92. The van der Waals surface area contributed by atoms with Crippen LogP contribution < -0.4 is 5.43 Å². The van der Waals surface area contributed by atoms with Crippen molar-refractivity contribution in [2.45, 2.75) is 17.7 Å². The molecule has 1 fully saturated rings. The van der Waals surface area contributed by atoms with Gasteiger partial charge in [0.15, 0.2) is 0 Å². The molecule has 1 saturated carbocycles. The summed E-state index contributed by atoms with van der Waals surface area (Å²) in [6.07, 6.45) is 7.88. The van der Waals surface area contributed by atoms with Crippen LogP contribution in [0.2, 0.25) is 0 Å². The lowest BCUT2D eigenvalue weighted by Crippen LogP contribution is -2.37. The second kappa shape index (κ2) is 5.85. The van der Waals surface area contributed by atoms with Gasteiger partial charge in [0.05, 0.1) is 11.3 Å². The van der Waals surface area contributed by atoms with E-state index in [1.54, 1.807) is 24.0 Å². The Labute approximate surface area is 128 Å². The Hall–Kier alpha value is -1.88. The molecular weight excluding hydrogens is 284 g/mol. The molecule has 3 rings (SSSR count). The summed E-state index contributed by atoms with van der Waals surface area (Å²) in [5.74, 6) is -0.211. The van der Waals surface area contributed by atoms with Crippen molar-refractivity contribution in [1.29, 1.82) is 0 Å². The highest BCUT2D eigenvalue weighted by molar-refractivity contribution is 7.98. The van der Waals surface area contributed by atoms with Crippen LogP contribution in [-0.2, 0) is 4.79 Å². The lowest BCUT2D eigenvalue weighted by molar-refractivity contribution is -0.132. The summed E-state index contributed by atoms with van der Waals surface area (Å²) in [6.45, 7) is 0.858. The zero-order valence-corrected chi connectivity index (χ0v) is 12.7. The van der Waals surface area contributed by atoms with Gasteiger partial charge in [-0.3, -0.25) is 10.4 Å². The lowest BCUT2D eigenvalue weighted by atomic mass is 10.1. The van der Waals surface area contributed by atoms with Crippen LogP contribution in [-0.4, -0.2) is 28.9 Å². The molecule has 0 radical (unpaired) electrons. The van der Waals surface area contributed by atoms with Crippen LogP contribution in [0.15, 0.2) is 47.0 Å². The molecule has 0 bridgehead atoms. The predicted octanol–water partition coefficient (Wildman–Crippen LogP) is 2.95. The first-order valence-corrected chi connectivity index (χ1v) is 8.23. The highest BCUT2D eigenvalue weighted by atomic mass is 32.2. The van der Waals surface area contributed by atoms with Gasteiger partial charge in [0.25, 0.3) is 0 Å². The summed E-state index contributed by atoms with van der Waals surface area (Å²) in [5.41, 5.74) is 5.47. The van der Waals surface area contributed by atoms with E-state index in [0.717, 1.165) is 17.8 Å². The maximum atomic E-state index is 11.3. The largest absolute Gasteiger partial charge is 0.478 e. The van der Waals surface area contributed by atoms with Gasteiger partial charge < -0.3 is 5.11 Å². The first-order chi connectivity index (χ1) is 10.2. The van der Waals surface area contributed by atoms with E-state index in [1.807, 2.05) is 35.5 Å². The molecule has 21 heavy (non-hydrogen) atoms. The lowest BCUT2D eigenvalue weighted by Gasteiger charge is -2.28. The molecular formula is C16H18N2O2S. The van der Waals surface area contributed by atoms with Gasteiger partial charge >= 0.3 is 5.97 Å². The van der Waals surface area contributed by atoms with E-state index in [2.05, 4.69) is 5.43 Å². The van der Waals surface area contributed by atoms with Crippen molar-refractivity contribution in [2.24, 2.45) is 5.92 Å². The second-order valence-corrected chi connectivity index (χ2v) is 6.26. The smallest absolute Gasteiger partial charge is 0.337 e. The Morgan fingerprint density at radius 1 is 1.38 bits per heavy atom. The zero-order valence-electron chi connectivity index (χ0n) is 11.9. The maximum absolute atomic E-state index is 11.3. The fourth-order valence-corrected chi connectivity index (χ4v) is 2.70. The van der Waals surface area contributed by atoms with Crippen LogP contribution >= 0.6 is 11.8 Å². The van der Waals surface area contributed by atoms with Crippen LogP contribution in [0, 0.1) is 5.92 Å². The molecule has 0 atom stereocenters. The molecule has 5 heteroatoms. The van der Waals surface area contributed by atoms with Gasteiger partial charge in [-0.1, -0.05) is 12.1 Å². The third-order valence-corrected chi connectivity index (χ3v) is 4.40. The van der Waals surface area contributed by atoms with E-state index in [-0.39, 0.29) is 0 Å². The second-order valence-electron chi connectivity index (χ2n) is 5.38. The fourth-order valence-electron chi connectivity index (χ4n) is 2.29. The number of hydrazine groups is 1. The number of hydrogen-bond acceptors (Lipinski definition) is 4. The molecule has 110 valence electrons. The van der Waals surface area contributed by atoms with Crippen LogP contribution in [0.25, 0.3) is 5.70 Å². The molecule has 2 N–H and O–H groups in total. The minimum Gasteiger partial charge on any atom is -0.478 e. The van der Waals surface area contributed by atoms with E-state index in [1.165, 1.54) is 17.7 Å². The van der Waals surface area contributed by atoms with Gasteiger partial charge in [0, 0.05) is 17.6 Å². The Morgan fingerprint density at radius 2 is 2.10 bits per heavy atom. The predicted molar refractivity (Wildman–Crippen MR) is 84.5 cm³/mol. The number of nitrogens with one attached hydrogen (secondary N) is 1. The SMILES string of the molecule is CSc1ccc(C2=CC(C(=O)O)=CN(CC3CC3)N2)cc1. The van der Waals surface area contributed by atoms with Crippen molar-refractivity contribution in [3.05, 3.63) is 47.7 Å². The summed E-state index contributed by atoms with van der Waals surface area (Å²) in [4.78, 5) is 12.5. The van der Waals surface area contributed by atoms with Crippen molar-refractivity contribution in [2.75, 3.05) is 12.8 Å². The van der Waals surface area contributed by atoms with E-state index in [0.29, 0.717) is 11.5 Å². The zero-order chi connectivity index (χ0) is 14.8. The third kappa shape index (κ3) is 3.42. The number of thioether (sulfide) groups is 1. The number of carbonyl (C=O) groups is 1. The van der Waals surface area contributed by atoms with Gasteiger partial charge in [-0.25, -0.2) is 4.79 Å². The minimum atomic E-state index is -0.893. The van der Waals surface area contributed by atoms with Gasteiger partial charge in [0.1, 0.15) is 0 Å². The van der Waals surface area contributed by atoms with Gasteiger partial charge in [-0.2, -0.15) is 0 Å². The average molecular weight is 302 g/mol. The van der Waals surface area contributed by atoms with Crippen LogP contribution in [0.1, 0.15) is 18.4 Å². The monoisotopic (exact) mass is 302 g/mol. The Balaban J connectivity index is 1.84. The van der Waals surface area contributed by atoms with E-state index in [9.17, 15) is 9.90 Å². The molecule has 0 spiro atoms. The van der Waals surface area contributed by atoms with E-state index in [4.69, 9.17) is 0 Å². The molecule has 2 aliphatic rings. The highest BCUT2D eigenvalue weighted by Gasteiger charge is 2.26. The minimum absolute atomic E-state index is 0.318. The van der Waals surface area contributed by atoms with Crippen LogP contribution in [0.5, 0.6) is 0 Å². The van der Waals surface area contributed by atoms with E-state index < -0.39 is 5.97 Å². The highest BCUT2D eigenvalue weighted by Crippen LogP contribution is 2.31. The first kappa shape index (κ1) is 14.1. The van der Waals surface area contributed by atoms with Gasteiger partial charge in [-0.15, -0.1) is 11.8 Å². The molecule has 1 aromatic rings. The number of aliphatic carboxylic acids is 1.